The number of H-pyrrole nitrogens is 2. The number of nitrogens with zero attached hydrogens (tertiary/aromatic N) is 1. The highest BCUT2D eigenvalue weighted by molar-refractivity contribution is 5.79. The van der Waals surface area contributed by atoms with Crippen LogP contribution in [-0.2, 0) is 0 Å². The number of hydrogen-bond acceptors (Lipinski definition) is 7. The monoisotopic (exact) mass is 283 g/mol. The first-order valence-electron chi connectivity index (χ1n) is 6.06. The molecule has 20 heavy (non-hydrogen) atoms. The van der Waals surface area contributed by atoms with Gasteiger partial charge < -0.3 is 31.4 Å². The SMILES string of the molecule is Nc1nc2c([C@@H](CO)NC(CO)CO)c[nH]c2c(=O)[nH]1. The normalized spacial score (nSPS) is 13.2. The third-order valence-electron chi connectivity index (χ3n) is 3.02. The van der Waals surface area contributed by atoms with Gasteiger partial charge in [0.05, 0.1) is 31.9 Å². The van der Waals surface area contributed by atoms with Crippen molar-refractivity contribution in [1.29, 1.82) is 0 Å². The van der Waals surface area contributed by atoms with Crippen molar-refractivity contribution in [3.63, 3.8) is 0 Å². The molecular weight excluding hydrogens is 266 g/mol. The summed E-state index contributed by atoms with van der Waals surface area (Å²) < 4.78 is 0. The predicted molar refractivity (Wildman–Crippen MR) is 72.0 cm³/mol. The van der Waals surface area contributed by atoms with Crippen LogP contribution in [0.25, 0.3) is 11.0 Å². The third-order valence-corrected chi connectivity index (χ3v) is 3.02. The van der Waals surface area contributed by atoms with Gasteiger partial charge in [0.1, 0.15) is 11.0 Å². The molecule has 0 bridgehead atoms. The number of nitrogens with two attached hydrogens (primary N) is 1. The Bertz CT molecular complexity index is 633. The van der Waals surface area contributed by atoms with Gasteiger partial charge in [-0.1, -0.05) is 0 Å². The number of nitrogen functional groups attached to an aromatic ring is 1. The van der Waals surface area contributed by atoms with Crippen molar-refractivity contribution in [3.8, 4) is 0 Å². The molecule has 2 aromatic rings. The molecule has 2 aromatic heterocycles. The fourth-order valence-electron chi connectivity index (χ4n) is 2.01. The lowest BCUT2D eigenvalue weighted by Crippen LogP contribution is -2.39. The Morgan fingerprint density at radius 1 is 1.30 bits per heavy atom. The van der Waals surface area contributed by atoms with Gasteiger partial charge in [-0.3, -0.25) is 9.78 Å². The van der Waals surface area contributed by atoms with Gasteiger partial charge in [0.15, 0.2) is 0 Å². The van der Waals surface area contributed by atoms with Crippen molar-refractivity contribution in [2.75, 3.05) is 25.6 Å². The molecule has 0 aliphatic carbocycles. The molecule has 110 valence electrons. The van der Waals surface area contributed by atoms with E-state index < -0.39 is 17.6 Å². The Kier molecular flexibility index (Phi) is 4.35. The van der Waals surface area contributed by atoms with Crippen LogP contribution in [0.4, 0.5) is 5.95 Å². The van der Waals surface area contributed by atoms with E-state index in [4.69, 9.17) is 15.9 Å². The summed E-state index contributed by atoms with van der Waals surface area (Å²) in [5.74, 6) is -0.0269. The molecule has 0 aromatic carbocycles. The molecule has 0 spiro atoms. The van der Waals surface area contributed by atoms with E-state index in [9.17, 15) is 9.90 Å². The first-order chi connectivity index (χ1) is 9.60. The second-order valence-electron chi connectivity index (χ2n) is 4.38. The molecule has 0 unspecified atom stereocenters. The van der Waals surface area contributed by atoms with Crippen LogP contribution < -0.4 is 16.6 Å². The number of aromatic amines is 2. The molecule has 9 nitrogen and oxygen atoms in total. The van der Waals surface area contributed by atoms with E-state index in [-0.39, 0.29) is 31.3 Å². The van der Waals surface area contributed by atoms with Crippen LogP contribution in [0.15, 0.2) is 11.0 Å². The summed E-state index contributed by atoms with van der Waals surface area (Å²) in [6, 6.07) is -1.18. The summed E-state index contributed by atoms with van der Waals surface area (Å²) in [5, 5.41) is 30.5. The van der Waals surface area contributed by atoms with Crippen LogP contribution in [0.5, 0.6) is 0 Å². The smallest absolute Gasteiger partial charge is 0.276 e. The summed E-state index contributed by atoms with van der Waals surface area (Å²) in [6.07, 6.45) is 1.53. The first kappa shape index (κ1) is 14.5. The summed E-state index contributed by atoms with van der Waals surface area (Å²) in [5.41, 5.74) is 6.22. The maximum Gasteiger partial charge on any atom is 0.276 e. The summed E-state index contributed by atoms with van der Waals surface area (Å²) in [6.45, 7) is -0.866. The Morgan fingerprint density at radius 3 is 2.60 bits per heavy atom. The number of nitrogens with one attached hydrogen (secondary N) is 3. The zero-order valence-electron chi connectivity index (χ0n) is 10.6. The number of hydrogen-bond donors (Lipinski definition) is 7. The van der Waals surface area contributed by atoms with Crippen LogP contribution in [0.1, 0.15) is 11.6 Å². The number of aliphatic hydroxyl groups excluding tert-OH is 3. The predicted octanol–water partition coefficient (Wildman–Crippen LogP) is -2.19. The topological polar surface area (TPSA) is 160 Å². The van der Waals surface area contributed by atoms with Gasteiger partial charge in [-0.2, -0.15) is 0 Å². The lowest BCUT2D eigenvalue weighted by molar-refractivity contribution is 0.145. The zero-order chi connectivity index (χ0) is 14.7. The number of fused-ring (bicyclic) bond motifs is 1. The standard InChI is InChI=1S/C11H17N5O4/c12-11-15-8-6(1-13-9(8)10(20)16-11)7(4-19)14-5(2-17)3-18/h1,5,7,13-14,17-19H,2-4H2,(H3,12,15,16,20)/t7-/m1/s1. The van der Waals surface area contributed by atoms with Crippen LogP contribution in [0.2, 0.25) is 0 Å². The molecule has 2 heterocycles. The van der Waals surface area contributed by atoms with Gasteiger partial charge in [0, 0.05) is 11.8 Å². The van der Waals surface area contributed by atoms with Gasteiger partial charge in [-0.05, 0) is 0 Å². The molecule has 0 saturated heterocycles. The molecule has 0 aliphatic rings. The van der Waals surface area contributed by atoms with Crippen molar-refractivity contribution in [2.45, 2.75) is 12.1 Å². The minimum absolute atomic E-state index is 0.0269. The molecular formula is C11H17N5O4. The molecule has 9 heteroatoms. The highest BCUT2D eigenvalue weighted by atomic mass is 16.3. The fourth-order valence-corrected chi connectivity index (χ4v) is 2.01. The Balaban J connectivity index is 2.42. The lowest BCUT2D eigenvalue weighted by Gasteiger charge is -2.21. The molecule has 0 fully saturated rings. The van der Waals surface area contributed by atoms with Gasteiger partial charge in [0.25, 0.3) is 5.56 Å². The summed E-state index contributed by atoms with van der Waals surface area (Å²) in [7, 11) is 0. The van der Waals surface area contributed by atoms with E-state index in [0.717, 1.165) is 0 Å². The Morgan fingerprint density at radius 2 is 2.00 bits per heavy atom. The minimum atomic E-state index is -0.596. The molecule has 8 N–H and O–H groups in total. The van der Waals surface area contributed by atoms with Crippen molar-refractivity contribution >= 4 is 17.0 Å². The van der Waals surface area contributed by atoms with E-state index in [1.165, 1.54) is 6.20 Å². The Hall–Kier alpha value is -1.94. The highest BCUT2D eigenvalue weighted by Crippen LogP contribution is 2.21. The number of anilines is 1. The van der Waals surface area contributed by atoms with Crippen LogP contribution in [-0.4, -0.2) is 56.1 Å². The van der Waals surface area contributed by atoms with E-state index >= 15 is 0 Å². The van der Waals surface area contributed by atoms with Crippen molar-refractivity contribution in [2.24, 2.45) is 0 Å². The van der Waals surface area contributed by atoms with E-state index in [2.05, 4.69) is 20.3 Å². The third kappa shape index (κ3) is 2.65. The average Bonchev–Trinajstić information content (AvgIpc) is 2.84. The first-order valence-corrected chi connectivity index (χ1v) is 6.06. The van der Waals surface area contributed by atoms with Crippen molar-refractivity contribution < 1.29 is 15.3 Å². The van der Waals surface area contributed by atoms with E-state index in [1.54, 1.807) is 0 Å². The maximum atomic E-state index is 11.7. The van der Waals surface area contributed by atoms with Crippen LogP contribution in [0.3, 0.4) is 0 Å². The maximum absolute atomic E-state index is 11.7. The largest absolute Gasteiger partial charge is 0.395 e. The molecule has 1 atom stereocenters. The Labute approximate surface area is 113 Å². The highest BCUT2D eigenvalue weighted by Gasteiger charge is 2.20. The van der Waals surface area contributed by atoms with Crippen molar-refractivity contribution in [1.82, 2.24) is 20.3 Å². The second kappa shape index (κ2) is 6.01. The number of aromatic nitrogens is 3. The molecule has 0 aliphatic heterocycles. The van der Waals surface area contributed by atoms with Gasteiger partial charge in [0.2, 0.25) is 5.95 Å². The minimum Gasteiger partial charge on any atom is -0.395 e. The van der Waals surface area contributed by atoms with Crippen molar-refractivity contribution in [3.05, 3.63) is 22.1 Å². The van der Waals surface area contributed by atoms with Gasteiger partial charge in [-0.15, -0.1) is 0 Å². The second-order valence-corrected chi connectivity index (χ2v) is 4.38. The fraction of sp³-hybridized carbons (Fsp3) is 0.455. The molecule has 0 radical (unpaired) electrons. The number of rotatable bonds is 6. The summed E-state index contributed by atoms with van der Waals surface area (Å²) in [4.78, 5) is 20.9. The molecule has 0 amide bonds. The summed E-state index contributed by atoms with van der Waals surface area (Å²) >= 11 is 0. The van der Waals surface area contributed by atoms with Crippen LogP contribution >= 0.6 is 0 Å². The average molecular weight is 283 g/mol. The van der Waals surface area contributed by atoms with Crippen LogP contribution in [0, 0.1) is 0 Å². The molecule has 2 rings (SSSR count). The van der Waals surface area contributed by atoms with E-state index in [0.29, 0.717) is 11.1 Å². The van der Waals surface area contributed by atoms with E-state index in [1.807, 2.05) is 0 Å². The lowest BCUT2D eigenvalue weighted by atomic mass is 10.1. The zero-order valence-corrected chi connectivity index (χ0v) is 10.6. The quantitative estimate of drug-likeness (QED) is 0.317. The van der Waals surface area contributed by atoms with Gasteiger partial charge in [-0.25, -0.2) is 4.98 Å². The molecule has 0 saturated carbocycles. The number of aliphatic hydroxyl groups is 3. The van der Waals surface area contributed by atoms with Gasteiger partial charge >= 0.3 is 0 Å².